The average Bonchev–Trinajstić information content (AvgIpc) is 3.10. The minimum Gasteiger partial charge on any atom is -0.355 e. The zero-order valence-corrected chi connectivity index (χ0v) is 24.7. The number of H-pyrrole nitrogens is 2. The van der Waals surface area contributed by atoms with Crippen molar-refractivity contribution in [1.29, 1.82) is 0 Å². The number of benzene rings is 2. The van der Waals surface area contributed by atoms with E-state index in [0.29, 0.717) is 11.4 Å². The molecular weight excluding hydrogens is 636 g/mol. The summed E-state index contributed by atoms with van der Waals surface area (Å²) in [4.78, 5) is 83.6. The molecule has 4 N–H and O–H groups in total. The number of non-ortho nitro benzene ring substituents is 2. The Bertz CT molecular complexity index is 2130. The highest BCUT2D eigenvalue weighted by Gasteiger charge is 2.19. The molecule has 248 valence electrons. The smallest absolute Gasteiger partial charge is 0.293 e. The van der Waals surface area contributed by atoms with E-state index < -0.39 is 32.5 Å². The molecule has 6 aromatic rings. The number of hydrogen-bond donors (Lipinski definition) is 4. The molecule has 0 radical (unpaired) electrons. The van der Waals surface area contributed by atoms with Crippen LogP contribution in [0.2, 0.25) is 0 Å². The summed E-state index contributed by atoms with van der Waals surface area (Å²) in [6, 6.07) is 18.9. The first-order chi connectivity index (χ1) is 23.2. The molecule has 6 rings (SSSR count). The van der Waals surface area contributed by atoms with Crippen LogP contribution < -0.4 is 21.5 Å². The van der Waals surface area contributed by atoms with Crippen molar-refractivity contribution in [3.05, 3.63) is 161 Å². The van der Waals surface area contributed by atoms with Crippen LogP contribution in [0.4, 0.5) is 11.4 Å². The van der Waals surface area contributed by atoms with Crippen LogP contribution in [-0.4, -0.2) is 41.6 Å². The summed E-state index contributed by atoms with van der Waals surface area (Å²) in [5.41, 5.74) is -0.301. The Hall–Kier alpha value is -7.10. The van der Waals surface area contributed by atoms with Gasteiger partial charge in [0.25, 0.3) is 23.2 Å². The maximum Gasteiger partial charge on any atom is 0.293 e. The van der Waals surface area contributed by atoms with Crippen molar-refractivity contribution in [2.75, 3.05) is 0 Å². The van der Waals surface area contributed by atoms with Crippen molar-refractivity contribution in [2.45, 2.75) is 20.5 Å². The summed E-state index contributed by atoms with van der Waals surface area (Å²) in [6.45, 7) is 0.345. The lowest BCUT2D eigenvalue weighted by Gasteiger charge is -2.06. The van der Waals surface area contributed by atoms with Crippen molar-refractivity contribution in [3.8, 4) is 0 Å². The molecule has 0 atom stereocenters. The van der Waals surface area contributed by atoms with Crippen molar-refractivity contribution < 1.29 is 19.4 Å². The first-order valence-electron chi connectivity index (χ1n) is 14.1. The molecule has 16 heteroatoms. The van der Waals surface area contributed by atoms with Crippen LogP contribution in [0.5, 0.6) is 0 Å². The SMILES string of the molecule is C.O=C(NCc1ccccn1)c1c[nH]c2c([N+](=O)[O-])cccc2c1=O.O=C(NCc1ccccn1)c1c[nH]c2c([N+](=O)[O-])cccc2c1=O. The predicted molar refractivity (Wildman–Crippen MR) is 180 cm³/mol. The van der Waals surface area contributed by atoms with Gasteiger partial charge in [-0.15, -0.1) is 0 Å². The molecule has 0 unspecified atom stereocenters. The lowest BCUT2D eigenvalue weighted by atomic mass is 10.1. The van der Waals surface area contributed by atoms with Gasteiger partial charge in [0.1, 0.15) is 22.2 Å². The summed E-state index contributed by atoms with van der Waals surface area (Å²) in [5.74, 6) is -1.15. The normalized spacial score (nSPS) is 10.3. The molecule has 49 heavy (non-hydrogen) atoms. The fraction of sp³-hybridized carbons (Fsp3) is 0.0909. The van der Waals surface area contributed by atoms with Gasteiger partial charge in [-0.05, 0) is 36.4 Å². The van der Waals surface area contributed by atoms with E-state index >= 15 is 0 Å². The number of nitrogens with zero attached hydrogens (tertiary/aromatic N) is 4. The third-order valence-corrected chi connectivity index (χ3v) is 6.98. The number of nitro groups is 2. The highest BCUT2D eigenvalue weighted by molar-refractivity contribution is 5.99. The van der Waals surface area contributed by atoms with Crippen molar-refractivity contribution in [2.24, 2.45) is 0 Å². The minimum atomic E-state index is -0.584. The number of nitrogens with one attached hydrogen (secondary N) is 4. The van der Waals surface area contributed by atoms with Crippen molar-refractivity contribution in [3.63, 3.8) is 0 Å². The van der Waals surface area contributed by atoms with E-state index in [1.807, 2.05) is 0 Å². The molecule has 2 aromatic carbocycles. The number of para-hydroxylation sites is 2. The van der Waals surface area contributed by atoms with Gasteiger partial charge in [-0.3, -0.25) is 49.4 Å². The molecule has 0 saturated carbocycles. The maximum atomic E-state index is 12.4. The molecular formula is C33H28N8O8. The quantitative estimate of drug-likeness (QED) is 0.134. The summed E-state index contributed by atoms with van der Waals surface area (Å²) >= 11 is 0. The molecule has 0 aliphatic carbocycles. The summed E-state index contributed by atoms with van der Waals surface area (Å²) < 4.78 is 0. The van der Waals surface area contributed by atoms with E-state index in [1.54, 1.807) is 48.8 Å². The number of rotatable bonds is 8. The molecule has 4 aromatic heterocycles. The second-order valence-corrected chi connectivity index (χ2v) is 9.98. The first-order valence-corrected chi connectivity index (χ1v) is 14.1. The van der Waals surface area contributed by atoms with Crippen LogP contribution in [0.1, 0.15) is 39.5 Å². The Balaban J connectivity index is 0.000000216. The molecule has 0 saturated heterocycles. The van der Waals surface area contributed by atoms with Gasteiger partial charge in [0, 0.05) is 36.9 Å². The van der Waals surface area contributed by atoms with E-state index in [9.17, 15) is 39.4 Å². The molecule has 16 nitrogen and oxygen atoms in total. The largest absolute Gasteiger partial charge is 0.355 e. The minimum absolute atomic E-state index is 0. The molecule has 2 amide bonds. The fourth-order valence-electron chi connectivity index (χ4n) is 4.65. The Labute approximate surface area is 276 Å². The van der Waals surface area contributed by atoms with Crippen molar-refractivity contribution >= 4 is 45.0 Å². The Kier molecular flexibility index (Phi) is 11.0. The van der Waals surface area contributed by atoms with Gasteiger partial charge in [0.15, 0.2) is 0 Å². The highest BCUT2D eigenvalue weighted by Crippen LogP contribution is 2.22. The van der Waals surface area contributed by atoms with Gasteiger partial charge < -0.3 is 20.6 Å². The van der Waals surface area contributed by atoms with E-state index in [4.69, 9.17) is 0 Å². The average molecular weight is 665 g/mol. The Morgan fingerprint density at radius 2 is 1.04 bits per heavy atom. The van der Waals surface area contributed by atoms with Gasteiger partial charge >= 0.3 is 0 Å². The number of amides is 2. The number of pyridine rings is 4. The molecule has 0 aliphatic heterocycles. The van der Waals surface area contributed by atoms with Crippen molar-refractivity contribution in [1.82, 2.24) is 30.6 Å². The second kappa shape index (κ2) is 15.5. The molecule has 4 heterocycles. The predicted octanol–water partition coefficient (Wildman–Crippen LogP) is 4.16. The van der Waals surface area contributed by atoms with Crippen LogP contribution >= 0.6 is 0 Å². The highest BCUT2D eigenvalue weighted by atomic mass is 16.6. The van der Waals surface area contributed by atoms with Gasteiger partial charge in [0.05, 0.1) is 45.1 Å². The number of hydrogen-bond acceptors (Lipinski definition) is 10. The Morgan fingerprint density at radius 3 is 1.39 bits per heavy atom. The number of fused-ring (bicyclic) bond motifs is 2. The van der Waals surface area contributed by atoms with Crippen LogP contribution in [-0.2, 0) is 13.1 Å². The van der Waals surface area contributed by atoms with E-state index in [0.717, 1.165) is 0 Å². The van der Waals surface area contributed by atoms with Gasteiger partial charge in [-0.2, -0.15) is 0 Å². The summed E-state index contributed by atoms with van der Waals surface area (Å²) in [6.07, 6.45) is 5.57. The fourth-order valence-corrected chi connectivity index (χ4v) is 4.65. The third-order valence-electron chi connectivity index (χ3n) is 6.98. The maximum absolute atomic E-state index is 12.4. The van der Waals surface area contributed by atoms with Gasteiger partial charge in [0.2, 0.25) is 10.9 Å². The number of aromatic amines is 2. The topological polar surface area (TPSA) is 236 Å². The van der Waals surface area contributed by atoms with E-state index in [-0.39, 0.29) is 64.8 Å². The first kappa shape index (κ1) is 34.8. The molecule has 0 bridgehead atoms. The van der Waals surface area contributed by atoms with Crippen LogP contribution in [0.3, 0.4) is 0 Å². The summed E-state index contributed by atoms with van der Waals surface area (Å²) in [5, 5.41) is 27.4. The second-order valence-electron chi connectivity index (χ2n) is 9.98. The molecule has 0 fully saturated rings. The number of nitro benzene ring substituents is 2. The zero-order valence-electron chi connectivity index (χ0n) is 24.7. The van der Waals surface area contributed by atoms with Crippen LogP contribution in [0, 0.1) is 20.2 Å². The van der Waals surface area contributed by atoms with Gasteiger partial charge in [-0.1, -0.05) is 31.7 Å². The number of aromatic nitrogens is 4. The summed E-state index contributed by atoms with van der Waals surface area (Å²) in [7, 11) is 0. The lowest BCUT2D eigenvalue weighted by molar-refractivity contribution is -0.383. The van der Waals surface area contributed by atoms with E-state index in [1.165, 1.54) is 48.8 Å². The lowest BCUT2D eigenvalue weighted by Crippen LogP contribution is -2.28. The number of carbonyl (C=O) groups excluding carboxylic acids is 2. The van der Waals surface area contributed by atoms with E-state index in [2.05, 4.69) is 30.6 Å². The molecule has 0 aliphatic rings. The standard InChI is InChI=1S/2C16H12N4O4.CH4/c2*21-15-11-5-3-6-13(20(23)24)14(11)18-9-12(15)16(22)19-8-10-4-1-2-7-17-10;/h2*1-7,9H,8H2,(H,18,21)(H,19,22);1H4. The third kappa shape index (κ3) is 7.83. The van der Waals surface area contributed by atoms with Gasteiger partial charge in [-0.25, -0.2) is 0 Å². The Morgan fingerprint density at radius 1 is 0.633 bits per heavy atom. The van der Waals surface area contributed by atoms with Crippen LogP contribution in [0.15, 0.2) is 107 Å². The molecule has 0 spiro atoms. The number of carbonyl (C=O) groups is 2. The van der Waals surface area contributed by atoms with Crippen LogP contribution in [0.25, 0.3) is 21.8 Å². The monoisotopic (exact) mass is 664 g/mol. The zero-order chi connectivity index (χ0) is 34.2.